The summed E-state index contributed by atoms with van der Waals surface area (Å²) in [6.45, 7) is -2.93. The van der Waals surface area contributed by atoms with Crippen LogP contribution in [0.4, 0.5) is 0 Å². The van der Waals surface area contributed by atoms with Crippen molar-refractivity contribution in [3.63, 3.8) is 0 Å². The molecule has 0 amide bonds. The number of carbonyl (C=O) groups is 2. The average Bonchev–Trinajstić information content (AvgIpc) is 3.13. The lowest BCUT2D eigenvalue weighted by Gasteiger charge is -2.49. The molecule has 0 bridgehead atoms. The van der Waals surface area contributed by atoms with Crippen LogP contribution in [0.25, 0.3) is 0 Å². The van der Waals surface area contributed by atoms with Gasteiger partial charge in [0.2, 0.25) is 0 Å². The molecule has 16 N–H and O–H groups in total. The van der Waals surface area contributed by atoms with Gasteiger partial charge in [0.05, 0.1) is 13.2 Å². The Morgan fingerprint density at radius 1 is 0.460 bits per heavy atom. The van der Waals surface area contributed by atoms with Gasteiger partial charge in [0.25, 0.3) is 0 Å². The molecule has 0 aliphatic carbocycles. The zero-order valence-electron chi connectivity index (χ0n) is 30.6. The van der Waals surface area contributed by atoms with Gasteiger partial charge in [-0.1, -0.05) is 0 Å². The maximum absolute atomic E-state index is 12.5. The van der Waals surface area contributed by atoms with E-state index in [1.165, 1.54) is 9.44 Å². The number of carboxylic acids is 2. The van der Waals surface area contributed by atoms with Gasteiger partial charge < -0.3 is 84.2 Å². The van der Waals surface area contributed by atoms with Crippen LogP contribution in [0.2, 0.25) is 0 Å². The fourth-order valence-electron chi connectivity index (χ4n) is 6.41. The topological polar surface area (TPSA) is 561 Å². The van der Waals surface area contributed by atoms with Crippen molar-refractivity contribution in [3.8, 4) is 0 Å². The summed E-state index contributed by atoms with van der Waals surface area (Å²) in [4.78, 5) is 24.1. The first kappa shape index (κ1) is 53.4. The number of aliphatic hydroxyl groups excluding tert-OH is 8. The molecular formula is C24H40N2O33S4. The van der Waals surface area contributed by atoms with Gasteiger partial charge in [0, 0.05) is 0 Å². The van der Waals surface area contributed by atoms with E-state index in [1.807, 2.05) is 0 Å². The molecule has 0 radical (unpaired) electrons. The summed E-state index contributed by atoms with van der Waals surface area (Å²) in [5.41, 5.74) is 0. The van der Waals surface area contributed by atoms with E-state index in [4.69, 9.17) is 37.7 Å². The fourth-order valence-corrected chi connectivity index (χ4v) is 8.21. The molecule has 39 heteroatoms. The molecule has 0 spiro atoms. The number of hydrogen-bond acceptors (Lipinski definition) is 27. The lowest BCUT2D eigenvalue weighted by Crippen LogP contribution is -2.70. The Morgan fingerprint density at radius 2 is 0.857 bits per heavy atom. The van der Waals surface area contributed by atoms with Crippen LogP contribution in [-0.2, 0) is 92.5 Å². The number of aliphatic hydroxyl groups is 8. The Labute approximate surface area is 352 Å². The molecule has 4 aliphatic rings. The molecule has 0 unspecified atom stereocenters. The number of rotatable bonds is 18. The largest absolute Gasteiger partial charge is 0.479 e. The summed E-state index contributed by atoms with van der Waals surface area (Å²) in [5, 5.41) is 105. The fraction of sp³-hybridized carbons (Fsp3) is 0.917. The smallest absolute Gasteiger partial charge is 0.397 e. The van der Waals surface area contributed by atoms with Gasteiger partial charge in [0.1, 0.15) is 85.3 Å². The first-order valence-corrected chi connectivity index (χ1v) is 22.5. The predicted octanol–water partition coefficient (Wildman–Crippen LogP) is -11.1. The van der Waals surface area contributed by atoms with Crippen LogP contribution < -0.4 is 9.44 Å². The van der Waals surface area contributed by atoms with Crippen LogP contribution in [-0.4, -0.2) is 251 Å². The third kappa shape index (κ3) is 13.9. The lowest BCUT2D eigenvalue weighted by atomic mass is 9.94. The Hall–Kier alpha value is -2.18. The van der Waals surface area contributed by atoms with Gasteiger partial charge in [-0.25, -0.2) is 18.0 Å². The zero-order valence-corrected chi connectivity index (χ0v) is 33.9. The second-order valence-electron chi connectivity index (χ2n) is 13.5. The molecule has 4 rings (SSSR count). The predicted molar refractivity (Wildman–Crippen MR) is 181 cm³/mol. The third-order valence-corrected chi connectivity index (χ3v) is 11.2. The van der Waals surface area contributed by atoms with Gasteiger partial charge in [-0.3, -0.25) is 18.2 Å². The standard InChI is InChI=1S/C24H40N2O33S4/c27-7-5(25-60(39,40)41)21(38)53-3(1-51-62(45,46)47)14(7)55-24-13(33)11(31)16(18(59-24)20(36)37)57-22-6(26-61(42,43)44)8(28)15(4(54-22)2-52-63(48,49)50)56-23-12(32)9(29)10(30)17(58-23)19(34)35/h3-18,21-33,38H,1-2H2,(H,34,35)(H,36,37)(H,39,40,41)(H,42,43,44)(H,45,46,47)(H,48,49,50)/t3-,4-,5-,6-,7-,8-,9+,10+,11-,12-,13-,14-,15-,16+,17+,18-,21-,22+,23+,24-/m1/s1. The molecule has 0 aromatic heterocycles. The number of carboxylic acid groups (broad SMARTS) is 2. The highest BCUT2D eigenvalue weighted by Gasteiger charge is 2.58. The van der Waals surface area contributed by atoms with Gasteiger partial charge >= 0.3 is 53.3 Å². The minimum Gasteiger partial charge on any atom is -0.479 e. The third-order valence-electron chi connectivity index (χ3n) is 9.17. The number of hydrogen-bond donors (Lipinski definition) is 16. The summed E-state index contributed by atoms with van der Waals surface area (Å²) < 4.78 is 177. The molecule has 4 aliphatic heterocycles. The maximum atomic E-state index is 12.5. The highest BCUT2D eigenvalue weighted by molar-refractivity contribution is 7.84. The van der Waals surface area contributed by atoms with Crippen LogP contribution in [0.15, 0.2) is 0 Å². The first-order valence-electron chi connectivity index (χ1n) is 16.9. The SMILES string of the molecule is O=C(O)[C@H]1O[C@H](O[C@H]2[C@H](O)[C@@H](NS(=O)(=O)O)[C@H](O[C@H]3[C@H](O)[C@@H](O)[C@H](O[C@H]4[C@H](O)[C@@H](NS(=O)(=O)O)[C@H](O)O[C@@H]4COS(=O)(=O)O)O[C@H]3C(=O)O)O[C@@H]2COS(=O)(=O)O)[C@H](O)[C@@H](O)[C@@H]1O. The van der Waals surface area contributed by atoms with E-state index in [0.29, 0.717) is 0 Å². The van der Waals surface area contributed by atoms with E-state index < -0.39 is 189 Å². The van der Waals surface area contributed by atoms with E-state index >= 15 is 0 Å². The summed E-state index contributed by atoms with van der Waals surface area (Å²) in [6.07, 6.45) is -44.9. The first-order chi connectivity index (χ1) is 28.7. The van der Waals surface area contributed by atoms with Gasteiger partial charge in [0.15, 0.2) is 37.4 Å². The quantitative estimate of drug-likeness (QED) is 0.0567. The Bertz CT molecular complexity index is 2060. The van der Waals surface area contributed by atoms with E-state index in [0.717, 1.165) is 0 Å². The Balaban J connectivity index is 1.68. The molecule has 35 nitrogen and oxygen atoms in total. The average molecular weight is 1010 g/mol. The van der Waals surface area contributed by atoms with Crippen LogP contribution in [0.3, 0.4) is 0 Å². The molecular weight excluding hydrogens is 973 g/mol. The van der Waals surface area contributed by atoms with Crippen molar-refractivity contribution < 1.29 is 154 Å². The van der Waals surface area contributed by atoms with E-state index in [2.05, 4.69) is 8.37 Å². The van der Waals surface area contributed by atoms with Crippen molar-refractivity contribution in [1.29, 1.82) is 0 Å². The van der Waals surface area contributed by atoms with Gasteiger partial charge in [-0.15, -0.1) is 0 Å². The van der Waals surface area contributed by atoms with E-state index in [9.17, 15) is 108 Å². The molecule has 368 valence electrons. The van der Waals surface area contributed by atoms with Crippen molar-refractivity contribution >= 4 is 53.3 Å². The van der Waals surface area contributed by atoms with Gasteiger partial charge in [-0.2, -0.15) is 43.1 Å². The van der Waals surface area contributed by atoms with Crippen molar-refractivity contribution in [1.82, 2.24) is 9.44 Å². The molecule has 0 saturated carbocycles. The number of ether oxygens (including phenoxy) is 7. The zero-order chi connectivity index (χ0) is 47.9. The minimum atomic E-state index is -5.59. The Morgan fingerprint density at radius 3 is 1.30 bits per heavy atom. The van der Waals surface area contributed by atoms with Gasteiger partial charge in [-0.05, 0) is 0 Å². The highest BCUT2D eigenvalue weighted by Crippen LogP contribution is 2.35. The normalized spacial score (nSPS) is 42.1. The number of nitrogens with one attached hydrogen (secondary N) is 2. The van der Waals surface area contributed by atoms with Crippen LogP contribution in [0.1, 0.15) is 0 Å². The number of aliphatic carboxylic acids is 2. The highest BCUT2D eigenvalue weighted by atomic mass is 32.3. The molecule has 4 heterocycles. The second-order valence-corrected chi connectivity index (χ2v) is 18.1. The Kier molecular flexibility index (Phi) is 17.3. The summed E-state index contributed by atoms with van der Waals surface area (Å²) in [6, 6.07) is -4.90. The van der Waals surface area contributed by atoms with Crippen molar-refractivity contribution in [2.24, 2.45) is 0 Å². The summed E-state index contributed by atoms with van der Waals surface area (Å²) in [7, 11) is -21.7. The minimum absolute atomic E-state index is 1.32. The molecule has 20 atom stereocenters. The summed E-state index contributed by atoms with van der Waals surface area (Å²) >= 11 is 0. The van der Waals surface area contributed by atoms with E-state index in [-0.39, 0.29) is 0 Å². The maximum Gasteiger partial charge on any atom is 0.397 e. The molecule has 4 fully saturated rings. The molecule has 4 saturated heterocycles. The van der Waals surface area contributed by atoms with E-state index in [1.54, 1.807) is 0 Å². The molecule has 0 aromatic rings. The lowest BCUT2D eigenvalue weighted by molar-refractivity contribution is -0.370. The monoisotopic (exact) mass is 1010 g/mol. The van der Waals surface area contributed by atoms with Crippen LogP contribution in [0, 0.1) is 0 Å². The van der Waals surface area contributed by atoms with Crippen LogP contribution in [0.5, 0.6) is 0 Å². The summed E-state index contributed by atoms with van der Waals surface area (Å²) in [5.74, 6) is -4.15. The molecule has 63 heavy (non-hydrogen) atoms. The van der Waals surface area contributed by atoms with Crippen molar-refractivity contribution in [2.45, 2.75) is 123 Å². The van der Waals surface area contributed by atoms with Crippen LogP contribution >= 0.6 is 0 Å². The molecule has 0 aromatic carbocycles. The van der Waals surface area contributed by atoms with Crippen molar-refractivity contribution in [3.05, 3.63) is 0 Å². The van der Waals surface area contributed by atoms with Crippen molar-refractivity contribution in [2.75, 3.05) is 13.2 Å². The second kappa shape index (κ2) is 20.4.